The van der Waals surface area contributed by atoms with Crippen molar-refractivity contribution < 1.29 is 9.53 Å². The molecule has 0 unspecified atom stereocenters. The molecule has 1 heterocycles. The third-order valence-electron chi connectivity index (χ3n) is 2.69. The Bertz CT molecular complexity index is 211. The van der Waals surface area contributed by atoms with E-state index in [1.165, 1.54) is 0 Å². The van der Waals surface area contributed by atoms with E-state index in [1.54, 1.807) is 0 Å². The minimum absolute atomic E-state index is 0.0337. The normalized spacial score (nSPS) is 28.7. The molecule has 0 saturated carbocycles. The number of urea groups is 1. The molecule has 0 aromatic heterocycles. The van der Waals surface area contributed by atoms with Gasteiger partial charge in [-0.3, -0.25) is 0 Å². The van der Waals surface area contributed by atoms with Crippen molar-refractivity contribution in [1.82, 2.24) is 10.2 Å². The number of rotatable bonds is 2. The maximum Gasteiger partial charge on any atom is 0.317 e. The molecular formula is C11H22N2O2. The zero-order valence-electron chi connectivity index (χ0n) is 10.1. The molecule has 2 amide bonds. The predicted molar refractivity (Wildman–Crippen MR) is 59.9 cm³/mol. The van der Waals surface area contributed by atoms with E-state index in [9.17, 15) is 4.79 Å². The molecule has 1 N–H and O–H groups in total. The van der Waals surface area contributed by atoms with E-state index in [0.717, 1.165) is 6.42 Å². The van der Waals surface area contributed by atoms with E-state index < -0.39 is 0 Å². The van der Waals surface area contributed by atoms with Crippen LogP contribution in [-0.2, 0) is 4.74 Å². The third-order valence-corrected chi connectivity index (χ3v) is 2.69. The van der Waals surface area contributed by atoms with E-state index in [0.29, 0.717) is 13.1 Å². The van der Waals surface area contributed by atoms with Crippen LogP contribution in [0.15, 0.2) is 0 Å². The first-order valence-electron chi connectivity index (χ1n) is 5.73. The van der Waals surface area contributed by atoms with Gasteiger partial charge in [0.15, 0.2) is 0 Å². The average Bonchev–Trinajstić information content (AvgIpc) is 2.16. The molecule has 0 spiro atoms. The molecule has 4 heteroatoms. The molecule has 88 valence electrons. The first-order chi connectivity index (χ1) is 7.02. The van der Waals surface area contributed by atoms with Crippen molar-refractivity contribution in [2.75, 3.05) is 13.1 Å². The lowest BCUT2D eigenvalue weighted by Gasteiger charge is -2.35. The van der Waals surface area contributed by atoms with Crippen LogP contribution in [0.25, 0.3) is 0 Å². The quantitative estimate of drug-likeness (QED) is 0.758. The summed E-state index contributed by atoms with van der Waals surface area (Å²) >= 11 is 0. The summed E-state index contributed by atoms with van der Waals surface area (Å²) in [6, 6.07) is 0.275. The summed E-state index contributed by atoms with van der Waals surface area (Å²) in [5.41, 5.74) is 0. The largest absolute Gasteiger partial charge is 0.372 e. The molecule has 1 aliphatic heterocycles. The van der Waals surface area contributed by atoms with Gasteiger partial charge in [0.25, 0.3) is 0 Å². The fraction of sp³-hybridized carbons (Fsp3) is 0.909. The van der Waals surface area contributed by atoms with Crippen LogP contribution in [0.3, 0.4) is 0 Å². The standard InChI is InChI=1S/C11H22N2O2/c1-5-8(2)12-11(14)13-6-9(3)15-10(4)7-13/h8-10H,5-7H2,1-4H3,(H,12,14)/t8-,9-,10+/m0/s1. The van der Waals surface area contributed by atoms with Gasteiger partial charge < -0.3 is 15.0 Å². The lowest BCUT2D eigenvalue weighted by molar-refractivity contribution is -0.0547. The first kappa shape index (κ1) is 12.3. The number of nitrogens with zero attached hydrogens (tertiary/aromatic N) is 1. The van der Waals surface area contributed by atoms with Gasteiger partial charge in [-0.05, 0) is 27.2 Å². The van der Waals surface area contributed by atoms with Crippen LogP contribution >= 0.6 is 0 Å². The minimum Gasteiger partial charge on any atom is -0.372 e. The smallest absolute Gasteiger partial charge is 0.317 e. The van der Waals surface area contributed by atoms with Gasteiger partial charge in [0.2, 0.25) is 0 Å². The van der Waals surface area contributed by atoms with Gasteiger partial charge in [-0.15, -0.1) is 0 Å². The minimum atomic E-state index is 0.0337. The van der Waals surface area contributed by atoms with Gasteiger partial charge >= 0.3 is 6.03 Å². The van der Waals surface area contributed by atoms with Gasteiger partial charge in [-0.1, -0.05) is 6.92 Å². The SMILES string of the molecule is CC[C@H](C)NC(=O)N1C[C@@H](C)O[C@@H](C)C1. The number of carbonyl (C=O) groups excluding carboxylic acids is 1. The van der Waals surface area contributed by atoms with Crippen molar-refractivity contribution in [3.8, 4) is 0 Å². The monoisotopic (exact) mass is 214 g/mol. The highest BCUT2D eigenvalue weighted by atomic mass is 16.5. The molecule has 0 bridgehead atoms. The zero-order chi connectivity index (χ0) is 11.4. The molecule has 0 radical (unpaired) electrons. The fourth-order valence-corrected chi connectivity index (χ4v) is 1.75. The Balaban J connectivity index is 2.44. The van der Waals surface area contributed by atoms with Crippen molar-refractivity contribution >= 4 is 6.03 Å². The van der Waals surface area contributed by atoms with Crippen molar-refractivity contribution in [2.45, 2.75) is 52.4 Å². The second kappa shape index (κ2) is 5.35. The lowest BCUT2D eigenvalue weighted by atomic mass is 10.2. The summed E-state index contributed by atoms with van der Waals surface area (Å²) < 4.78 is 5.58. The number of carbonyl (C=O) groups is 1. The number of hydrogen-bond acceptors (Lipinski definition) is 2. The number of ether oxygens (including phenoxy) is 1. The van der Waals surface area contributed by atoms with Crippen molar-refractivity contribution in [1.29, 1.82) is 0 Å². The highest BCUT2D eigenvalue weighted by Gasteiger charge is 2.26. The van der Waals surface area contributed by atoms with Crippen LogP contribution in [0.2, 0.25) is 0 Å². The van der Waals surface area contributed by atoms with Crippen LogP contribution < -0.4 is 5.32 Å². The molecule has 0 aromatic carbocycles. The number of amides is 2. The van der Waals surface area contributed by atoms with Gasteiger partial charge in [0.05, 0.1) is 12.2 Å². The van der Waals surface area contributed by atoms with Crippen LogP contribution in [0.1, 0.15) is 34.1 Å². The Labute approximate surface area is 92.0 Å². The number of morpholine rings is 1. The predicted octanol–water partition coefficient (Wildman–Crippen LogP) is 1.60. The van der Waals surface area contributed by atoms with Gasteiger partial charge in [0, 0.05) is 19.1 Å². The van der Waals surface area contributed by atoms with Gasteiger partial charge in [-0.25, -0.2) is 4.79 Å². The molecule has 1 saturated heterocycles. The summed E-state index contributed by atoms with van der Waals surface area (Å²) in [7, 11) is 0. The topological polar surface area (TPSA) is 41.6 Å². The van der Waals surface area contributed by atoms with E-state index >= 15 is 0 Å². The summed E-state index contributed by atoms with van der Waals surface area (Å²) in [5, 5.41) is 2.97. The maximum absolute atomic E-state index is 11.8. The van der Waals surface area contributed by atoms with Crippen molar-refractivity contribution in [3.63, 3.8) is 0 Å². The highest BCUT2D eigenvalue weighted by Crippen LogP contribution is 2.10. The number of hydrogen-bond donors (Lipinski definition) is 1. The molecule has 4 nitrogen and oxygen atoms in total. The Kier molecular flexibility index (Phi) is 4.39. The second-order valence-corrected chi connectivity index (χ2v) is 4.42. The Hall–Kier alpha value is -0.770. The summed E-state index contributed by atoms with van der Waals surface area (Å²) in [6.07, 6.45) is 1.23. The molecule has 3 atom stereocenters. The molecule has 1 fully saturated rings. The van der Waals surface area contributed by atoms with E-state index in [4.69, 9.17) is 4.74 Å². The lowest BCUT2D eigenvalue weighted by Crippen LogP contribution is -2.53. The summed E-state index contributed by atoms with van der Waals surface area (Å²) in [5.74, 6) is 0. The first-order valence-corrected chi connectivity index (χ1v) is 5.73. The van der Waals surface area contributed by atoms with Crippen LogP contribution in [0.4, 0.5) is 4.79 Å². The zero-order valence-corrected chi connectivity index (χ0v) is 10.1. The molecule has 1 aliphatic rings. The van der Waals surface area contributed by atoms with Crippen LogP contribution in [0, 0.1) is 0 Å². The highest BCUT2D eigenvalue weighted by molar-refractivity contribution is 5.74. The average molecular weight is 214 g/mol. The van der Waals surface area contributed by atoms with E-state index in [1.807, 2.05) is 25.7 Å². The second-order valence-electron chi connectivity index (χ2n) is 4.42. The Morgan fingerprint density at radius 2 is 2.00 bits per heavy atom. The third kappa shape index (κ3) is 3.70. The number of nitrogens with one attached hydrogen (secondary N) is 1. The van der Waals surface area contributed by atoms with Gasteiger partial charge in [0.1, 0.15) is 0 Å². The van der Waals surface area contributed by atoms with Crippen molar-refractivity contribution in [2.24, 2.45) is 0 Å². The molecular weight excluding hydrogens is 192 g/mol. The van der Waals surface area contributed by atoms with Gasteiger partial charge in [-0.2, -0.15) is 0 Å². The maximum atomic E-state index is 11.8. The molecule has 0 aromatic rings. The molecule has 15 heavy (non-hydrogen) atoms. The van der Waals surface area contributed by atoms with E-state index in [-0.39, 0.29) is 24.3 Å². The van der Waals surface area contributed by atoms with Crippen molar-refractivity contribution in [3.05, 3.63) is 0 Å². The van der Waals surface area contributed by atoms with E-state index in [2.05, 4.69) is 12.2 Å². The summed E-state index contributed by atoms with van der Waals surface area (Å²) in [6.45, 7) is 9.46. The van der Waals surface area contributed by atoms with Crippen LogP contribution in [-0.4, -0.2) is 42.3 Å². The molecule has 1 rings (SSSR count). The Morgan fingerprint density at radius 3 is 2.47 bits per heavy atom. The summed E-state index contributed by atoms with van der Waals surface area (Å²) in [4.78, 5) is 13.7. The Morgan fingerprint density at radius 1 is 1.47 bits per heavy atom. The molecule has 0 aliphatic carbocycles. The fourth-order valence-electron chi connectivity index (χ4n) is 1.75. The van der Waals surface area contributed by atoms with Crippen LogP contribution in [0.5, 0.6) is 0 Å².